The summed E-state index contributed by atoms with van der Waals surface area (Å²) in [6, 6.07) is 10.7. The smallest absolute Gasteiger partial charge is 0.420 e. The number of unbranched alkanes of at least 4 members (excludes halogenated alkanes) is 1. The summed E-state index contributed by atoms with van der Waals surface area (Å²) >= 11 is 4.89. The van der Waals surface area contributed by atoms with Crippen molar-refractivity contribution in [2.45, 2.75) is 30.5 Å². The fourth-order valence-corrected chi connectivity index (χ4v) is 4.02. The molecule has 2 aromatic rings. The quantitative estimate of drug-likeness (QED) is 0.299. The zero-order valence-electron chi connectivity index (χ0n) is 13.1. The summed E-state index contributed by atoms with van der Waals surface area (Å²) in [7, 11) is -4.96. The summed E-state index contributed by atoms with van der Waals surface area (Å²) in [5.74, 6) is 0.891. The van der Waals surface area contributed by atoms with Gasteiger partial charge in [0.1, 0.15) is 5.75 Å². The van der Waals surface area contributed by atoms with Crippen LogP contribution in [0.4, 0.5) is 8.78 Å². The maximum Gasteiger partial charge on any atom is 0.442 e. The number of halogens is 3. The molecular formula is C16H17BrF2NO3PS. The van der Waals surface area contributed by atoms with Gasteiger partial charge in [-0.15, -0.1) is 11.8 Å². The molecule has 0 aliphatic rings. The first-order chi connectivity index (χ1) is 11.9. The van der Waals surface area contributed by atoms with E-state index in [2.05, 4.69) is 25.4 Å². The van der Waals surface area contributed by atoms with Gasteiger partial charge < -0.3 is 9.42 Å². The molecule has 1 heterocycles. The van der Waals surface area contributed by atoms with Crippen LogP contribution in [0.5, 0.6) is 5.75 Å². The molecule has 2 rings (SSSR count). The zero-order valence-corrected chi connectivity index (χ0v) is 16.4. The van der Waals surface area contributed by atoms with Crippen molar-refractivity contribution in [1.82, 2.24) is 4.98 Å². The molecule has 1 atom stereocenters. The Morgan fingerprint density at radius 2 is 2.08 bits per heavy atom. The van der Waals surface area contributed by atoms with Crippen LogP contribution >= 0.6 is 35.3 Å². The highest BCUT2D eigenvalue weighted by molar-refractivity contribution is 9.10. The second kappa shape index (κ2) is 9.67. The Kier molecular flexibility index (Phi) is 7.87. The molecule has 0 saturated heterocycles. The summed E-state index contributed by atoms with van der Waals surface area (Å²) in [6.07, 6.45) is 1.11. The van der Waals surface area contributed by atoms with E-state index in [4.69, 9.17) is 4.89 Å². The minimum atomic E-state index is -4.96. The van der Waals surface area contributed by atoms with Gasteiger partial charge in [0.2, 0.25) is 0 Å². The minimum absolute atomic E-state index is 0.0689. The Labute approximate surface area is 157 Å². The molecule has 4 nitrogen and oxygen atoms in total. The van der Waals surface area contributed by atoms with E-state index in [9.17, 15) is 13.3 Å². The molecule has 1 aromatic heterocycles. The van der Waals surface area contributed by atoms with Crippen molar-refractivity contribution >= 4 is 35.3 Å². The molecule has 0 aliphatic carbocycles. The monoisotopic (exact) mass is 451 g/mol. The van der Waals surface area contributed by atoms with Gasteiger partial charge in [-0.25, -0.2) is 9.55 Å². The lowest BCUT2D eigenvalue weighted by atomic mass is 10.1. The number of thioether (sulfide) groups is 1. The number of benzene rings is 1. The SMILES string of the molecule is O=P(O)(Oc1ccc(CCCCSc2ccccn2)cc1Br)C(F)F. The van der Waals surface area contributed by atoms with Crippen molar-refractivity contribution in [2.75, 3.05) is 5.75 Å². The van der Waals surface area contributed by atoms with E-state index in [0.717, 1.165) is 35.6 Å². The van der Waals surface area contributed by atoms with Gasteiger partial charge in [-0.2, -0.15) is 8.78 Å². The molecule has 1 aromatic carbocycles. The second-order valence-electron chi connectivity index (χ2n) is 5.17. The molecule has 25 heavy (non-hydrogen) atoms. The fraction of sp³-hybridized carbons (Fsp3) is 0.312. The first kappa shape index (κ1) is 20.4. The third-order valence-electron chi connectivity index (χ3n) is 3.22. The average Bonchev–Trinajstić information content (AvgIpc) is 2.57. The molecule has 0 radical (unpaired) electrons. The van der Waals surface area contributed by atoms with Crippen molar-refractivity contribution in [3.8, 4) is 5.75 Å². The lowest BCUT2D eigenvalue weighted by Gasteiger charge is -2.14. The van der Waals surface area contributed by atoms with Crippen molar-refractivity contribution in [3.63, 3.8) is 0 Å². The van der Waals surface area contributed by atoms with Gasteiger partial charge in [0.25, 0.3) is 0 Å². The molecule has 1 N–H and O–H groups in total. The molecule has 1 unspecified atom stereocenters. The molecule has 136 valence electrons. The number of rotatable bonds is 9. The highest BCUT2D eigenvalue weighted by atomic mass is 79.9. The van der Waals surface area contributed by atoms with Crippen molar-refractivity contribution in [3.05, 3.63) is 52.6 Å². The first-order valence-electron chi connectivity index (χ1n) is 7.51. The lowest BCUT2D eigenvalue weighted by Crippen LogP contribution is -2.01. The Morgan fingerprint density at radius 1 is 1.28 bits per heavy atom. The molecule has 0 amide bonds. The maximum absolute atomic E-state index is 12.4. The Balaban J connectivity index is 1.79. The van der Waals surface area contributed by atoms with Crippen LogP contribution in [0.1, 0.15) is 18.4 Å². The van der Waals surface area contributed by atoms with E-state index < -0.39 is 13.8 Å². The fourth-order valence-electron chi connectivity index (χ4n) is 2.00. The normalized spacial score (nSPS) is 13.6. The molecular weight excluding hydrogens is 435 g/mol. The highest BCUT2D eigenvalue weighted by Crippen LogP contribution is 2.50. The number of aryl methyl sites for hydroxylation is 1. The largest absolute Gasteiger partial charge is 0.442 e. The van der Waals surface area contributed by atoms with Crippen molar-refractivity contribution in [2.24, 2.45) is 0 Å². The van der Waals surface area contributed by atoms with Gasteiger partial charge in [-0.1, -0.05) is 12.1 Å². The Hall–Kier alpha value is -0.950. The zero-order chi connectivity index (χ0) is 18.3. The van der Waals surface area contributed by atoms with Crippen molar-refractivity contribution < 1.29 is 22.8 Å². The molecule has 0 saturated carbocycles. The molecule has 0 aliphatic heterocycles. The minimum Gasteiger partial charge on any atom is -0.420 e. The summed E-state index contributed by atoms with van der Waals surface area (Å²) in [5, 5.41) is 0.999. The van der Waals surface area contributed by atoms with E-state index in [1.165, 1.54) is 6.07 Å². The predicted molar refractivity (Wildman–Crippen MR) is 98.5 cm³/mol. The number of hydrogen-bond donors (Lipinski definition) is 1. The average molecular weight is 452 g/mol. The Morgan fingerprint density at radius 3 is 2.72 bits per heavy atom. The van der Waals surface area contributed by atoms with E-state index in [1.54, 1.807) is 30.1 Å². The van der Waals surface area contributed by atoms with Gasteiger partial charge >= 0.3 is 13.8 Å². The number of alkyl halides is 2. The van der Waals surface area contributed by atoms with Gasteiger partial charge in [-0.3, -0.25) is 0 Å². The molecule has 9 heteroatoms. The van der Waals surface area contributed by atoms with Crippen LogP contribution in [0.3, 0.4) is 0 Å². The van der Waals surface area contributed by atoms with Crippen LogP contribution in [0.25, 0.3) is 0 Å². The first-order valence-corrected chi connectivity index (χ1v) is 10.9. The molecule has 0 fully saturated rings. The topological polar surface area (TPSA) is 59.4 Å². The third kappa shape index (κ3) is 6.70. The standard InChI is InChI=1S/C16H17BrF2NO3PS/c17-13-11-12(7-8-14(13)23-24(21,22)16(18)19)5-2-4-10-25-15-6-1-3-9-20-15/h1,3,6-9,11,16H,2,4-5,10H2,(H,21,22). The second-order valence-corrected chi connectivity index (χ2v) is 8.84. The van der Waals surface area contributed by atoms with Gasteiger partial charge in [0.05, 0.1) is 9.50 Å². The van der Waals surface area contributed by atoms with Crippen LogP contribution in [0.15, 0.2) is 52.1 Å². The van der Waals surface area contributed by atoms with E-state index >= 15 is 0 Å². The number of pyridine rings is 1. The van der Waals surface area contributed by atoms with E-state index in [0.29, 0.717) is 4.47 Å². The van der Waals surface area contributed by atoms with E-state index in [1.807, 2.05) is 18.2 Å². The number of nitrogens with zero attached hydrogens (tertiary/aromatic N) is 1. The maximum atomic E-state index is 12.4. The molecule has 0 spiro atoms. The Bertz CT molecular complexity index is 737. The lowest BCUT2D eigenvalue weighted by molar-refractivity contribution is 0.188. The van der Waals surface area contributed by atoms with Crippen LogP contribution in [-0.2, 0) is 11.0 Å². The number of hydrogen-bond acceptors (Lipinski definition) is 4. The summed E-state index contributed by atoms with van der Waals surface area (Å²) in [6.45, 7) is 0. The molecule has 0 bridgehead atoms. The summed E-state index contributed by atoms with van der Waals surface area (Å²) < 4.78 is 41.0. The van der Waals surface area contributed by atoms with Gasteiger partial charge in [-0.05, 0) is 70.8 Å². The highest BCUT2D eigenvalue weighted by Gasteiger charge is 2.34. The van der Waals surface area contributed by atoms with Crippen LogP contribution in [-0.4, -0.2) is 21.8 Å². The summed E-state index contributed by atoms with van der Waals surface area (Å²) in [5.41, 5.74) is 0.992. The third-order valence-corrected chi connectivity index (χ3v) is 5.82. The van der Waals surface area contributed by atoms with Gasteiger partial charge in [0.15, 0.2) is 0 Å². The van der Waals surface area contributed by atoms with Crippen LogP contribution in [0, 0.1) is 0 Å². The van der Waals surface area contributed by atoms with Gasteiger partial charge in [0, 0.05) is 6.20 Å². The van der Waals surface area contributed by atoms with Crippen LogP contribution in [0.2, 0.25) is 0 Å². The number of aromatic nitrogens is 1. The van der Waals surface area contributed by atoms with Crippen LogP contribution < -0.4 is 4.52 Å². The van der Waals surface area contributed by atoms with E-state index in [-0.39, 0.29) is 5.75 Å². The summed E-state index contributed by atoms with van der Waals surface area (Å²) in [4.78, 5) is 13.3. The van der Waals surface area contributed by atoms with Crippen molar-refractivity contribution in [1.29, 1.82) is 0 Å². The predicted octanol–water partition coefficient (Wildman–Crippen LogP) is 5.75.